The van der Waals surface area contributed by atoms with Gasteiger partial charge in [0, 0.05) is 25.4 Å². The number of carbonyl (C=O) groups is 1. The van der Waals surface area contributed by atoms with E-state index in [9.17, 15) is 4.79 Å². The van der Waals surface area contributed by atoms with Crippen LogP contribution in [-0.2, 0) is 0 Å². The summed E-state index contributed by atoms with van der Waals surface area (Å²) in [6, 6.07) is 6.98. The van der Waals surface area contributed by atoms with E-state index in [4.69, 9.17) is 10.2 Å². The number of hydrogen-bond acceptors (Lipinski definition) is 3. The summed E-state index contributed by atoms with van der Waals surface area (Å²) in [5.74, 6) is -0.220. The Balaban J connectivity index is 1.86. The number of aromatic carboxylic acids is 1. The first kappa shape index (κ1) is 11.9. The van der Waals surface area contributed by atoms with Crippen molar-refractivity contribution in [2.75, 3.05) is 24.6 Å². The first-order chi connectivity index (χ1) is 8.20. The van der Waals surface area contributed by atoms with Gasteiger partial charge in [0.05, 0.1) is 5.56 Å². The van der Waals surface area contributed by atoms with Crippen molar-refractivity contribution in [2.45, 2.75) is 12.8 Å². The normalized spacial score (nSPS) is 15.7. The second kappa shape index (κ2) is 5.19. The van der Waals surface area contributed by atoms with Crippen molar-refractivity contribution in [2.24, 2.45) is 5.92 Å². The van der Waals surface area contributed by atoms with Crippen LogP contribution in [0.2, 0.25) is 0 Å². The molecule has 4 nitrogen and oxygen atoms in total. The molecule has 0 spiro atoms. The van der Waals surface area contributed by atoms with Gasteiger partial charge in [0.1, 0.15) is 0 Å². The number of benzene rings is 1. The van der Waals surface area contributed by atoms with Crippen molar-refractivity contribution in [1.29, 1.82) is 0 Å². The molecule has 4 heteroatoms. The summed E-state index contributed by atoms with van der Waals surface area (Å²) in [5, 5.41) is 17.5. The van der Waals surface area contributed by atoms with E-state index in [1.54, 1.807) is 12.1 Å². The molecule has 0 saturated carbocycles. The van der Waals surface area contributed by atoms with Gasteiger partial charge in [-0.05, 0) is 43.0 Å². The maximum Gasteiger partial charge on any atom is 0.335 e. The summed E-state index contributed by atoms with van der Waals surface area (Å²) < 4.78 is 0. The molecule has 0 amide bonds. The van der Waals surface area contributed by atoms with Crippen molar-refractivity contribution in [3.8, 4) is 0 Å². The zero-order valence-corrected chi connectivity index (χ0v) is 9.67. The van der Waals surface area contributed by atoms with Gasteiger partial charge in [-0.2, -0.15) is 0 Å². The molecule has 0 bridgehead atoms. The molecule has 1 aromatic rings. The van der Waals surface area contributed by atoms with Crippen molar-refractivity contribution in [1.82, 2.24) is 0 Å². The van der Waals surface area contributed by atoms with Crippen molar-refractivity contribution >= 4 is 11.7 Å². The summed E-state index contributed by atoms with van der Waals surface area (Å²) in [7, 11) is 0. The Bertz CT molecular complexity index is 382. The predicted molar refractivity (Wildman–Crippen MR) is 65.4 cm³/mol. The van der Waals surface area contributed by atoms with Crippen LogP contribution < -0.4 is 4.90 Å². The van der Waals surface area contributed by atoms with Crippen molar-refractivity contribution < 1.29 is 15.0 Å². The van der Waals surface area contributed by atoms with E-state index in [2.05, 4.69) is 4.90 Å². The second-order valence-corrected chi connectivity index (χ2v) is 4.49. The molecule has 0 unspecified atom stereocenters. The standard InChI is InChI=1S/C13H17NO3/c15-7-1-2-10-8-14(9-10)12-5-3-11(4-6-12)13(16)17/h3-6,10,15H,1-2,7-9H2,(H,16,17). The Morgan fingerprint density at radius 2 is 1.94 bits per heavy atom. The van der Waals surface area contributed by atoms with Crippen LogP contribution >= 0.6 is 0 Å². The third-order valence-electron chi connectivity index (χ3n) is 3.21. The molecular formula is C13H17NO3. The molecule has 0 atom stereocenters. The van der Waals surface area contributed by atoms with E-state index >= 15 is 0 Å². The fourth-order valence-corrected chi connectivity index (χ4v) is 2.16. The number of carboxylic acids is 1. The van der Waals surface area contributed by atoms with Gasteiger partial charge in [-0.25, -0.2) is 4.79 Å². The van der Waals surface area contributed by atoms with Gasteiger partial charge in [0.2, 0.25) is 0 Å². The van der Waals surface area contributed by atoms with Gasteiger partial charge < -0.3 is 15.1 Å². The lowest BCUT2D eigenvalue weighted by Gasteiger charge is -2.41. The molecular weight excluding hydrogens is 218 g/mol. The van der Waals surface area contributed by atoms with Gasteiger partial charge in [-0.3, -0.25) is 0 Å². The molecule has 1 saturated heterocycles. The van der Waals surface area contributed by atoms with Crippen LogP contribution in [0.15, 0.2) is 24.3 Å². The van der Waals surface area contributed by atoms with E-state index in [-0.39, 0.29) is 6.61 Å². The number of aliphatic hydroxyl groups excluding tert-OH is 1. The van der Waals surface area contributed by atoms with Gasteiger partial charge in [0.25, 0.3) is 0 Å². The van der Waals surface area contributed by atoms with Gasteiger partial charge >= 0.3 is 5.97 Å². The molecule has 92 valence electrons. The zero-order chi connectivity index (χ0) is 12.3. The van der Waals surface area contributed by atoms with Crippen LogP contribution in [0.3, 0.4) is 0 Å². The van der Waals surface area contributed by atoms with E-state index in [1.807, 2.05) is 12.1 Å². The monoisotopic (exact) mass is 235 g/mol. The van der Waals surface area contributed by atoms with E-state index in [1.165, 1.54) is 0 Å². The number of carboxylic acid groups (broad SMARTS) is 1. The Labute approximate surface area is 100 Å². The van der Waals surface area contributed by atoms with Crippen LogP contribution in [0.25, 0.3) is 0 Å². The number of rotatable bonds is 5. The number of aliphatic hydroxyl groups is 1. The Morgan fingerprint density at radius 3 is 2.47 bits per heavy atom. The first-order valence-electron chi connectivity index (χ1n) is 5.90. The quantitative estimate of drug-likeness (QED) is 0.813. The molecule has 17 heavy (non-hydrogen) atoms. The third kappa shape index (κ3) is 2.77. The van der Waals surface area contributed by atoms with Crippen molar-refractivity contribution in [3.63, 3.8) is 0 Å². The first-order valence-corrected chi connectivity index (χ1v) is 5.90. The number of anilines is 1. The summed E-state index contributed by atoms with van der Waals surface area (Å²) >= 11 is 0. The average Bonchev–Trinajstić information content (AvgIpc) is 2.28. The Kier molecular flexibility index (Phi) is 3.64. The molecule has 2 N–H and O–H groups in total. The number of nitrogens with zero attached hydrogens (tertiary/aromatic N) is 1. The van der Waals surface area contributed by atoms with Crippen LogP contribution in [0.1, 0.15) is 23.2 Å². The van der Waals surface area contributed by atoms with E-state index < -0.39 is 5.97 Å². The summed E-state index contributed by atoms with van der Waals surface area (Å²) in [5.41, 5.74) is 1.40. The second-order valence-electron chi connectivity index (χ2n) is 4.49. The third-order valence-corrected chi connectivity index (χ3v) is 3.21. The minimum atomic E-state index is -0.888. The highest BCUT2D eigenvalue weighted by atomic mass is 16.4. The van der Waals surface area contributed by atoms with Crippen LogP contribution in [0, 0.1) is 5.92 Å². The highest BCUT2D eigenvalue weighted by Crippen LogP contribution is 2.27. The summed E-state index contributed by atoms with van der Waals surface area (Å²) in [4.78, 5) is 12.9. The highest BCUT2D eigenvalue weighted by molar-refractivity contribution is 5.88. The molecule has 1 aromatic carbocycles. The highest BCUT2D eigenvalue weighted by Gasteiger charge is 2.26. The van der Waals surface area contributed by atoms with Crippen LogP contribution in [-0.4, -0.2) is 35.9 Å². The predicted octanol–water partition coefficient (Wildman–Crippen LogP) is 1.59. The largest absolute Gasteiger partial charge is 0.478 e. The summed E-state index contributed by atoms with van der Waals surface area (Å²) in [6.45, 7) is 2.28. The molecule has 0 radical (unpaired) electrons. The number of hydrogen-bond donors (Lipinski definition) is 2. The van der Waals surface area contributed by atoms with E-state index in [0.717, 1.165) is 31.6 Å². The van der Waals surface area contributed by atoms with Crippen LogP contribution in [0.5, 0.6) is 0 Å². The fourth-order valence-electron chi connectivity index (χ4n) is 2.16. The van der Waals surface area contributed by atoms with Crippen molar-refractivity contribution in [3.05, 3.63) is 29.8 Å². The fraction of sp³-hybridized carbons (Fsp3) is 0.462. The molecule has 1 aliphatic rings. The van der Waals surface area contributed by atoms with Gasteiger partial charge in [-0.15, -0.1) is 0 Å². The molecule has 1 aliphatic heterocycles. The maximum absolute atomic E-state index is 10.7. The molecule has 1 heterocycles. The van der Waals surface area contributed by atoms with Crippen LogP contribution in [0.4, 0.5) is 5.69 Å². The maximum atomic E-state index is 10.7. The van der Waals surface area contributed by atoms with Gasteiger partial charge in [0.15, 0.2) is 0 Å². The lowest BCUT2D eigenvalue weighted by Crippen LogP contribution is -2.46. The summed E-state index contributed by atoms with van der Waals surface area (Å²) in [6.07, 6.45) is 1.94. The molecule has 0 aliphatic carbocycles. The van der Waals surface area contributed by atoms with E-state index in [0.29, 0.717) is 11.5 Å². The van der Waals surface area contributed by atoms with Gasteiger partial charge in [-0.1, -0.05) is 0 Å². The average molecular weight is 235 g/mol. The minimum absolute atomic E-state index is 0.268. The minimum Gasteiger partial charge on any atom is -0.478 e. The topological polar surface area (TPSA) is 60.8 Å². The molecule has 1 fully saturated rings. The lowest BCUT2D eigenvalue weighted by atomic mass is 9.94. The Hall–Kier alpha value is -1.55. The molecule has 0 aromatic heterocycles. The Morgan fingerprint density at radius 1 is 1.29 bits per heavy atom. The molecule has 2 rings (SSSR count). The zero-order valence-electron chi connectivity index (χ0n) is 9.67. The lowest BCUT2D eigenvalue weighted by molar-refractivity contribution is 0.0697. The SMILES string of the molecule is O=C(O)c1ccc(N2CC(CCCO)C2)cc1. The smallest absolute Gasteiger partial charge is 0.335 e.